The van der Waals surface area contributed by atoms with Gasteiger partial charge in [-0.2, -0.15) is 0 Å². The molecule has 0 radical (unpaired) electrons. The number of hydrogen-bond donors (Lipinski definition) is 3. The molecule has 0 amide bonds. The van der Waals surface area contributed by atoms with Gasteiger partial charge in [0.1, 0.15) is 34.0 Å². The maximum Gasteiger partial charge on any atom is 0.250 e. The van der Waals surface area contributed by atoms with Crippen LogP contribution in [-0.2, 0) is 31.6 Å². The van der Waals surface area contributed by atoms with Crippen LogP contribution in [0.5, 0.6) is 17.2 Å². The summed E-state index contributed by atoms with van der Waals surface area (Å²) in [5, 5.41) is 24.4. The van der Waals surface area contributed by atoms with Gasteiger partial charge in [0.05, 0.1) is 16.9 Å². The highest BCUT2D eigenvalue weighted by Crippen LogP contribution is 2.57. The molecule has 1 saturated heterocycles. The van der Waals surface area contributed by atoms with Gasteiger partial charge in [0.25, 0.3) is 5.56 Å². The minimum atomic E-state index is -3.71. The van der Waals surface area contributed by atoms with Crippen LogP contribution < -0.4 is 15.6 Å². The van der Waals surface area contributed by atoms with Crippen molar-refractivity contribution in [2.45, 2.75) is 52.0 Å². The number of Topliss-reactive ketones (excluding diaryl/α,β-unsaturated/α-hetero) is 2. The Morgan fingerprint density at radius 1 is 1.11 bits per heavy atom. The summed E-state index contributed by atoms with van der Waals surface area (Å²) in [7, 11) is -3.71. The summed E-state index contributed by atoms with van der Waals surface area (Å²) in [5.41, 5.74) is -1.20. The van der Waals surface area contributed by atoms with E-state index >= 15 is 0 Å². The maximum atomic E-state index is 14.0. The number of fused-ring (bicyclic) bond motifs is 7. The van der Waals surface area contributed by atoms with Gasteiger partial charge in [0, 0.05) is 61.2 Å². The number of carbonyl (C=O) groups is 3. The zero-order valence-corrected chi connectivity index (χ0v) is 25.6. The molecular weight excluding hydrogens is 590 g/mol. The number of hydrogen-bond acceptors (Lipinski definition) is 10. The number of carbonyl (C=O) groups excluding carboxylic acids is 3. The third-order valence-electron chi connectivity index (χ3n) is 9.35. The third-order valence-corrected chi connectivity index (χ3v) is 11.2. The standard InChI is InChI=1S/C31H33N3O9S/c1-15-27(38)25(17(3)35)29-26(28(15)39)31(4)22(43-29)11-21(36)24(30(31)40)16(2)32-8-9-44(41,42)33-12-18-10-19(14-33)20-6-5-7-23(37)34(20)13-18/h5-7,11,18-19,32,38-39H,8-10,12-14H2,1-4H3/b24-16+/t18-,19+,31-/m0/s1. The fraction of sp³-hybridized carbons (Fsp3) is 0.419. The van der Waals surface area contributed by atoms with Gasteiger partial charge in [-0.15, -0.1) is 0 Å². The summed E-state index contributed by atoms with van der Waals surface area (Å²) in [6.07, 6.45) is 1.93. The lowest BCUT2D eigenvalue weighted by molar-refractivity contribution is -0.123. The molecule has 44 heavy (non-hydrogen) atoms. The summed E-state index contributed by atoms with van der Waals surface area (Å²) in [6, 6.07) is 5.07. The molecule has 1 aromatic carbocycles. The number of piperidine rings is 1. The Balaban J connectivity index is 1.23. The normalized spacial score (nSPS) is 25.4. The molecule has 12 nitrogen and oxygen atoms in total. The van der Waals surface area contributed by atoms with Crippen molar-refractivity contribution in [2.75, 3.05) is 25.4 Å². The molecular formula is C31H33N3O9S. The van der Waals surface area contributed by atoms with Crippen molar-refractivity contribution in [1.29, 1.82) is 0 Å². The van der Waals surface area contributed by atoms with E-state index in [1.54, 1.807) is 10.6 Å². The number of ether oxygens (including phenoxy) is 1. The summed E-state index contributed by atoms with van der Waals surface area (Å²) in [4.78, 5) is 51.8. The van der Waals surface area contributed by atoms with Crippen molar-refractivity contribution in [1.82, 2.24) is 14.2 Å². The number of benzene rings is 1. The Labute approximate surface area is 253 Å². The Hall–Kier alpha value is -4.23. The van der Waals surface area contributed by atoms with Crippen LogP contribution >= 0.6 is 0 Å². The van der Waals surface area contributed by atoms with Crippen LogP contribution in [0.2, 0.25) is 0 Å². The topological polar surface area (TPSA) is 172 Å². The first-order valence-corrected chi connectivity index (χ1v) is 16.0. The molecule has 3 atom stereocenters. The van der Waals surface area contributed by atoms with Crippen molar-refractivity contribution >= 4 is 27.4 Å². The SMILES string of the molecule is CC(=O)c1c(O)c(C)c(O)c2c1OC1=CC(=O)/C(=C(/C)NCCS(=O)(=O)N3C[C@@H]4C[C@H](C3)c3cccc(=O)n3C4)C(=O)[C@@]12C. The lowest BCUT2D eigenvalue weighted by Gasteiger charge is -2.42. The van der Waals surface area contributed by atoms with Crippen LogP contribution in [0.25, 0.3) is 0 Å². The lowest BCUT2D eigenvalue weighted by Crippen LogP contribution is -2.50. The fourth-order valence-corrected chi connectivity index (χ4v) is 8.49. The minimum absolute atomic E-state index is 0.00675. The van der Waals surface area contributed by atoms with Gasteiger partial charge in [-0.3, -0.25) is 19.2 Å². The highest BCUT2D eigenvalue weighted by Gasteiger charge is 2.56. The number of nitrogens with one attached hydrogen (secondary N) is 1. The van der Waals surface area contributed by atoms with E-state index in [2.05, 4.69) is 5.32 Å². The van der Waals surface area contributed by atoms with E-state index in [-0.39, 0.29) is 75.7 Å². The predicted octanol–water partition coefficient (Wildman–Crippen LogP) is 1.77. The minimum Gasteiger partial charge on any atom is -0.507 e. The van der Waals surface area contributed by atoms with E-state index in [1.165, 1.54) is 38.1 Å². The molecule has 232 valence electrons. The quantitative estimate of drug-likeness (QED) is 0.245. The first kappa shape index (κ1) is 29.8. The Bertz CT molecular complexity index is 1910. The lowest BCUT2D eigenvalue weighted by atomic mass is 9.70. The fourth-order valence-electron chi connectivity index (χ4n) is 7.03. The van der Waals surface area contributed by atoms with E-state index in [4.69, 9.17) is 4.74 Å². The highest BCUT2D eigenvalue weighted by molar-refractivity contribution is 7.89. The average molecular weight is 624 g/mol. The van der Waals surface area contributed by atoms with E-state index < -0.39 is 44.3 Å². The molecule has 1 fully saturated rings. The molecule has 0 unspecified atom stereocenters. The van der Waals surface area contributed by atoms with Crippen molar-refractivity contribution in [3.63, 3.8) is 0 Å². The van der Waals surface area contributed by atoms with Crippen molar-refractivity contribution in [2.24, 2.45) is 5.92 Å². The molecule has 1 aliphatic carbocycles. The summed E-state index contributed by atoms with van der Waals surface area (Å²) >= 11 is 0. The van der Waals surface area contributed by atoms with Gasteiger partial charge in [-0.05, 0) is 46.1 Å². The molecule has 4 heterocycles. The number of phenols is 2. The van der Waals surface area contributed by atoms with Crippen molar-refractivity contribution in [3.8, 4) is 17.2 Å². The number of rotatable bonds is 6. The number of sulfonamides is 1. The molecule has 6 rings (SSSR count). The second-order valence-electron chi connectivity index (χ2n) is 12.1. The Morgan fingerprint density at radius 3 is 2.55 bits per heavy atom. The third kappa shape index (κ3) is 4.32. The molecule has 13 heteroatoms. The van der Waals surface area contributed by atoms with Gasteiger partial charge in [-0.25, -0.2) is 12.7 Å². The van der Waals surface area contributed by atoms with Crippen molar-refractivity contribution < 1.29 is 37.8 Å². The number of aromatic nitrogens is 1. The Kier molecular flexibility index (Phi) is 6.89. The number of allylic oxidation sites excluding steroid dienone is 4. The van der Waals surface area contributed by atoms with Gasteiger partial charge in [0.15, 0.2) is 17.3 Å². The van der Waals surface area contributed by atoms with Crippen molar-refractivity contribution in [3.05, 3.63) is 74.0 Å². The molecule has 3 N–H and O–H groups in total. The van der Waals surface area contributed by atoms with Gasteiger partial charge in [0.2, 0.25) is 10.0 Å². The molecule has 2 bridgehead atoms. The van der Waals surface area contributed by atoms with Crippen LogP contribution in [-0.4, -0.2) is 70.2 Å². The van der Waals surface area contributed by atoms with Crippen LogP contribution in [0, 0.1) is 12.8 Å². The average Bonchev–Trinajstić information content (AvgIpc) is 3.24. The largest absolute Gasteiger partial charge is 0.507 e. The summed E-state index contributed by atoms with van der Waals surface area (Å²) in [6.45, 7) is 6.55. The van der Waals surface area contributed by atoms with Crippen LogP contribution in [0.1, 0.15) is 60.3 Å². The molecule has 1 aromatic heterocycles. The van der Waals surface area contributed by atoms with Crippen LogP contribution in [0.3, 0.4) is 0 Å². The number of pyridine rings is 1. The monoisotopic (exact) mass is 623 g/mol. The van der Waals surface area contributed by atoms with Gasteiger partial charge >= 0.3 is 0 Å². The zero-order chi connectivity index (χ0) is 31.9. The van der Waals surface area contributed by atoms with Crippen LogP contribution in [0.4, 0.5) is 0 Å². The molecule has 3 aliphatic heterocycles. The summed E-state index contributed by atoms with van der Waals surface area (Å²) in [5.74, 6) is -3.41. The number of aromatic hydroxyl groups is 2. The zero-order valence-electron chi connectivity index (χ0n) is 24.8. The molecule has 0 spiro atoms. The molecule has 0 saturated carbocycles. The number of ketones is 3. The van der Waals surface area contributed by atoms with E-state index in [9.17, 15) is 37.8 Å². The highest BCUT2D eigenvalue weighted by atomic mass is 32.2. The van der Waals surface area contributed by atoms with Gasteiger partial charge < -0.3 is 24.8 Å². The summed E-state index contributed by atoms with van der Waals surface area (Å²) < 4.78 is 35.7. The first-order chi connectivity index (χ1) is 20.7. The first-order valence-electron chi connectivity index (χ1n) is 14.4. The Morgan fingerprint density at radius 2 is 1.84 bits per heavy atom. The van der Waals surface area contributed by atoms with Crippen LogP contribution in [0.15, 0.2) is 46.1 Å². The van der Waals surface area contributed by atoms with E-state index in [0.29, 0.717) is 13.1 Å². The predicted molar refractivity (Wildman–Crippen MR) is 158 cm³/mol. The maximum absolute atomic E-state index is 14.0. The smallest absolute Gasteiger partial charge is 0.250 e. The second kappa shape index (κ2) is 10.2. The second-order valence-corrected chi connectivity index (χ2v) is 14.2. The van der Waals surface area contributed by atoms with E-state index in [0.717, 1.165) is 18.2 Å². The molecule has 2 aromatic rings. The molecule has 4 aliphatic rings. The van der Waals surface area contributed by atoms with E-state index in [1.807, 2.05) is 6.07 Å². The number of phenolic OH excluding ortho intramolecular Hbond substituents is 2. The number of nitrogens with zero attached hydrogens (tertiary/aromatic N) is 2. The van der Waals surface area contributed by atoms with Gasteiger partial charge in [-0.1, -0.05) is 6.07 Å².